The van der Waals surface area contributed by atoms with E-state index in [4.69, 9.17) is 5.11 Å². The number of hydrogen-bond acceptors (Lipinski definition) is 8. The first-order valence-electron chi connectivity index (χ1n) is 10.1. The lowest BCUT2D eigenvalue weighted by Crippen LogP contribution is -2.24. The third-order valence-corrected chi connectivity index (χ3v) is 5.64. The predicted molar refractivity (Wildman–Crippen MR) is 124 cm³/mol. The van der Waals surface area contributed by atoms with Crippen molar-refractivity contribution in [3.8, 4) is 22.0 Å². The quantitative estimate of drug-likeness (QED) is 0.493. The number of carbonyl (C=O) groups is 1. The van der Waals surface area contributed by atoms with Gasteiger partial charge in [-0.3, -0.25) is 4.79 Å². The fraction of sp³-hybridized carbons (Fsp3) is 0.174. The van der Waals surface area contributed by atoms with Crippen LogP contribution in [-0.2, 0) is 4.79 Å². The number of amides is 1. The number of likely N-dealkylation sites (N-methyl/N-ethyl adjacent to an activating group) is 1. The Bertz CT molecular complexity index is 1160. The van der Waals surface area contributed by atoms with E-state index in [1.165, 1.54) is 4.90 Å². The van der Waals surface area contributed by atoms with Crippen molar-refractivity contribution in [2.75, 3.05) is 18.9 Å². The van der Waals surface area contributed by atoms with E-state index in [9.17, 15) is 4.79 Å². The Labute approximate surface area is 189 Å². The highest BCUT2D eigenvalue weighted by atomic mass is 32.1. The third kappa shape index (κ3) is 5.32. The van der Waals surface area contributed by atoms with Crippen LogP contribution in [-0.4, -0.2) is 55.5 Å². The summed E-state index contributed by atoms with van der Waals surface area (Å²) >= 11 is 1.60. The maximum Gasteiger partial charge on any atom is 0.251 e. The molecule has 1 unspecified atom stereocenters. The number of anilines is 2. The standard InChI is InChI=1S/C18H13N5S.C5H9NO2/c1-2-6-13(7-3-1)17-21-15(12-24-17)14-9-11-20-18(22-14)23-16-8-4-5-10-19-16;1-6-3-2-4(7)5(6)8/h1-12H,(H,19,20,22,23);4,7H,2-3H2,1H3. The first-order valence-corrected chi connectivity index (χ1v) is 10.9. The fourth-order valence-electron chi connectivity index (χ4n) is 3.02. The van der Waals surface area contributed by atoms with Gasteiger partial charge in [0, 0.05) is 36.9 Å². The van der Waals surface area contributed by atoms with E-state index in [1.54, 1.807) is 30.8 Å². The summed E-state index contributed by atoms with van der Waals surface area (Å²) in [4.78, 5) is 29.8. The highest BCUT2D eigenvalue weighted by molar-refractivity contribution is 7.13. The molecule has 0 saturated carbocycles. The molecule has 1 aliphatic heterocycles. The molecular weight excluding hydrogens is 424 g/mol. The molecule has 4 heterocycles. The summed E-state index contributed by atoms with van der Waals surface area (Å²) in [6.45, 7) is 0.694. The van der Waals surface area contributed by atoms with Crippen LogP contribution in [0.1, 0.15) is 6.42 Å². The molecule has 9 heteroatoms. The number of hydrogen-bond donors (Lipinski definition) is 2. The zero-order chi connectivity index (χ0) is 22.3. The molecular formula is C23H22N6O2S. The Kier molecular flexibility index (Phi) is 6.78. The van der Waals surface area contributed by atoms with Gasteiger partial charge in [0.2, 0.25) is 5.95 Å². The summed E-state index contributed by atoms with van der Waals surface area (Å²) in [5, 5.41) is 14.9. The molecule has 1 amide bonds. The van der Waals surface area contributed by atoms with Crippen molar-refractivity contribution >= 4 is 29.0 Å². The average molecular weight is 447 g/mol. The van der Waals surface area contributed by atoms with E-state index in [-0.39, 0.29) is 5.91 Å². The van der Waals surface area contributed by atoms with Gasteiger partial charge in [-0.15, -0.1) is 11.3 Å². The molecule has 1 aromatic carbocycles. The fourth-order valence-corrected chi connectivity index (χ4v) is 3.84. The Morgan fingerprint density at radius 2 is 1.81 bits per heavy atom. The maximum absolute atomic E-state index is 10.6. The van der Waals surface area contributed by atoms with E-state index < -0.39 is 6.10 Å². The van der Waals surface area contributed by atoms with Gasteiger partial charge < -0.3 is 15.3 Å². The smallest absolute Gasteiger partial charge is 0.251 e. The summed E-state index contributed by atoms with van der Waals surface area (Å²) in [6, 6.07) is 17.6. The molecule has 1 atom stereocenters. The second kappa shape index (κ2) is 10.1. The van der Waals surface area contributed by atoms with Crippen molar-refractivity contribution in [2.24, 2.45) is 0 Å². The lowest BCUT2D eigenvalue weighted by Gasteiger charge is -2.04. The minimum Gasteiger partial charge on any atom is -0.383 e. The SMILES string of the molecule is CN1CCC(O)C1=O.c1ccc(-c2nc(-c3ccnc(Nc4ccccn4)n3)cs2)cc1. The van der Waals surface area contributed by atoms with Crippen LogP contribution in [0.5, 0.6) is 0 Å². The highest BCUT2D eigenvalue weighted by Gasteiger charge is 2.25. The third-order valence-electron chi connectivity index (χ3n) is 4.75. The molecule has 0 bridgehead atoms. The summed E-state index contributed by atoms with van der Waals surface area (Å²) in [5.41, 5.74) is 2.72. The Balaban J connectivity index is 0.000000260. The number of aliphatic hydroxyl groups excluding tert-OH is 1. The highest BCUT2D eigenvalue weighted by Crippen LogP contribution is 2.28. The number of benzene rings is 1. The van der Waals surface area contributed by atoms with Gasteiger partial charge in [-0.2, -0.15) is 0 Å². The van der Waals surface area contributed by atoms with Crippen LogP contribution in [0.4, 0.5) is 11.8 Å². The Morgan fingerprint density at radius 3 is 2.47 bits per heavy atom. The molecule has 1 saturated heterocycles. The van der Waals surface area contributed by atoms with E-state index >= 15 is 0 Å². The normalized spacial score (nSPS) is 15.2. The number of nitrogens with one attached hydrogen (secondary N) is 1. The zero-order valence-electron chi connectivity index (χ0n) is 17.4. The summed E-state index contributed by atoms with van der Waals surface area (Å²) in [6.07, 6.45) is 3.31. The molecule has 0 radical (unpaired) electrons. The van der Waals surface area contributed by atoms with Gasteiger partial charge in [0.05, 0.1) is 5.69 Å². The van der Waals surface area contributed by atoms with Gasteiger partial charge in [0.15, 0.2) is 0 Å². The van der Waals surface area contributed by atoms with Crippen molar-refractivity contribution in [1.29, 1.82) is 0 Å². The molecule has 0 aliphatic carbocycles. The van der Waals surface area contributed by atoms with Crippen LogP contribution in [0.2, 0.25) is 0 Å². The number of rotatable bonds is 4. The largest absolute Gasteiger partial charge is 0.383 e. The van der Waals surface area contributed by atoms with Gasteiger partial charge in [0.1, 0.15) is 22.6 Å². The van der Waals surface area contributed by atoms with E-state index in [0.29, 0.717) is 24.7 Å². The second-order valence-electron chi connectivity index (χ2n) is 7.07. The second-order valence-corrected chi connectivity index (χ2v) is 7.93. The minimum absolute atomic E-state index is 0.148. The zero-order valence-corrected chi connectivity index (χ0v) is 18.2. The summed E-state index contributed by atoms with van der Waals surface area (Å²) in [7, 11) is 1.69. The minimum atomic E-state index is -0.722. The Hall–Kier alpha value is -3.69. The van der Waals surface area contributed by atoms with Gasteiger partial charge in [-0.25, -0.2) is 19.9 Å². The van der Waals surface area contributed by atoms with Crippen LogP contribution in [0.3, 0.4) is 0 Å². The molecule has 1 aliphatic rings. The molecule has 0 spiro atoms. The number of aliphatic hydroxyl groups is 1. The number of likely N-dealkylation sites (tertiary alicyclic amines) is 1. The van der Waals surface area contributed by atoms with Gasteiger partial charge in [-0.05, 0) is 24.6 Å². The first-order chi connectivity index (χ1) is 15.6. The van der Waals surface area contributed by atoms with Crippen molar-refractivity contribution in [3.05, 3.63) is 72.4 Å². The Morgan fingerprint density at radius 1 is 1.00 bits per heavy atom. The molecule has 162 valence electrons. The number of pyridine rings is 1. The van der Waals surface area contributed by atoms with Gasteiger partial charge >= 0.3 is 0 Å². The number of carbonyl (C=O) groups excluding carboxylic acids is 1. The molecule has 3 aromatic heterocycles. The lowest BCUT2D eigenvalue weighted by atomic mass is 10.2. The van der Waals surface area contributed by atoms with E-state index in [2.05, 4.69) is 37.4 Å². The average Bonchev–Trinajstić information content (AvgIpc) is 3.44. The summed E-state index contributed by atoms with van der Waals surface area (Å²) < 4.78 is 0. The van der Waals surface area contributed by atoms with Crippen LogP contribution < -0.4 is 5.32 Å². The summed E-state index contributed by atoms with van der Waals surface area (Å²) in [5.74, 6) is 1.06. The van der Waals surface area contributed by atoms with Gasteiger partial charge in [-0.1, -0.05) is 36.4 Å². The maximum atomic E-state index is 10.6. The van der Waals surface area contributed by atoms with Crippen molar-refractivity contribution < 1.29 is 9.90 Å². The predicted octanol–water partition coefficient (Wildman–Crippen LogP) is 3.62. The molecule has 1 fully saturated rings. The number of nitrogens with zero attached hydrogens (tertiary/aromatic N) is 5. The molecule has 4 aromatic rings. The van der Waals surface area contributed by atoms with Crippen LogP contribution in [0.25, 0.3) is 22.0 Å². The lowest BCUT2D eigenvalue weighted by molar-refractivity contribution is -0.133. The molecule has 8 nitrogen and oxygen atoms in total. The van der Waals surface area contributed by atoms with Crippen LogP contribution in [0.15, 0.2) is 72.4 Å². The topological polar surface area (TPSA) is 104 Å². The van der Waals surface area contributed by atoms with Crippen LogP contribution in [0, 0.1) is 0 Å². The molecule has 5 rings (SSSR count). The van der Waals surface area contributed by atoms with E-state index in [0.717, 1.165) is 22.0 Å². The van der Waals surface area contributed by atoms with Crippen molar-refractivity contribution in [1.82, 2.24) is 24.8 Å². The van der Waals surface area contributed by atoms with E-state index in [1.807, 2.05) is 47.8 Å². The number of aromatic nitrogens is 4. The monoisotopic (exact) mass is 446 g/mol. The molecule has 32 heavy (non-hydrogen) atoms. The van der Waals surface area contributed by atoms with Crippen molar-refractivity contribution in [3.63, 3.8) is 0 Å². The molecule has 2 N–H and O–H groups in total. The number of thiazole rings is 1. The van der Waals surface area contributed by atoms with Crippen LogP contribution >= 0.6 is 11.3 Å². The van der Waals surface area contributed by atoms with Gasteiger partial charge in [0.25, 0.3) is 5.91 Å². The first kappa shape index (κ1) is 21.5. The van der Waals surface area contributed by atoms with Crippen molar-refractivity contribution in [2.45, 2.75) is 12.5 Å².